The molecule has 0 aliphatic rings. The van der Waals surface area contributed by atoms with Crippen molar-refractivity contribution < 1.29 is 13.9 Å². The number of benzene rings is 1. The van der Waals surface area contributed by atoms with E-state index in [1.165, 1.54) is 0 Å². The van der Waals surface area contributed by atoms with Gasteiger partial charge in [-0.05, 0) is 42.8 Å². The molecule has 2 rings (SSSR count). The monoisotopic (exact) mass is 279 g/mol. The summed E-state index contributed by atoms with van der Waals surface area (Å²) in [5.74, 6) is 1.12. The molecule has 0 unspecified atom stereocenters. The van der Waals surface area contributed by atoms with Gasteiger partial charge in [0.2, 0.25) is 0 Å². The SMILES string of the molecule is Cc1cc(OCC(=O)NCc2ccco2)ccc1Cl. The molecule has 1 heterocycles. The van der Waals surface area contributed by atoms with Crippen molar-refractivity contribution in [2.45, 2.75) is 13.5 Å². The number of aryl methyl sites for hydroxylation is 1. The number of nitrogens with one attached hydrogen (secondary N) is 1. The highest BCUT2D eigenvalue weighted by Gasteiger charge is 2.05. The molecule has 0 radical (unpaired) electrons. The Morgan fingerprint density at radius 1 is 1.42 bits per heavy atom. The van der Waals surface area contributed by atoms with Gasteiger partial charge in [0.1, 0.15) is 11.5 Å². The van der Waals surface area contributed by atoms with E-state index in [1.807, 2.05) is 6.92 Å². The van der Waals surface area contributed by atoms with Crippen molar-refractivity contribution in [1.82, 2.24) is 5.32 Å². The lowest BCUT2D eigenvalue weighted by atomic mass is 10.2. The molecule has 1 amide bonds. The molecule has 0 saturated carbocycles. The van der Waals surface area contributed by atoms with Gasteiger partial charge in [0.05, 0.1) is 12.8 Å². The molecule has 0 aliphatic carbocycles. The van der Waals surface area contributed by atoms with E-state index in [2.05, 4.69) is 5.32 Å². The van der Waals surface area contributed by atoms with E-state index in [9.17, 15) is 4.79 Å². The van der Waals surface area contributed by atoms with Crippen LogP contribution in [0.25, 0.3) is 0 Å². The summed E-state index contributed by atoms with van der Waals surface area (Å²) in [6.45, 7) is 2.20. The molecule has 0 saturated heterocycles. The predicted molar refractivity (Wildman–Crippen MR) is 72.2 cm³/mol. The fourth-order valence-electron chi connectivity index (χ4n) is 1.51. The zero-order valence-corrected chi connectivity index (χ0v) is 11.2. The highest BCUT2D eigenvalue weighted by molar-refractivity contribution is 6.31. The first kappa shape index (κ1) is 13.5. The number of carbonyl (C=O) groups is 1. The second kappa shape index (κ2) is 6.29. The van der Waals surface area contributed by atoms with Crippen LogP contribution in [0.2, 0.25) is 5.02 Å². The van der Waals surface area contributed by atoms with E-state index in [1.54, 1.807) is 36.6 Å². The van der Waals surface area contributed by atoms with Crippen LogP contribution in [0.4, 0.5) is 0 Å². The Kier molecular flexibility index (Phi) is 4.47. The first-order chi connectivity index (χ1) is 9.15. The van der Waals surface area contributed by atoms with Gasteiger partial charge in [-0.15, -0.1) is 0 Å². The average molecular weight is 280 g/mol. The van der Waals surface area contributed by atoms with Crippen LogP contribution in [-0.2, 0) is 11.3 Å². The molecule has 0 aliphatic heterocycles. The van der Waals surface area contributed by atoms with Crippen molar-refractivity contribution in [3.05, 3.63) is 52.9 Å². The quantitative estimate of drug-likeness (QED) is 0.915. The van der Waals surface area contributed by atoms with Crippen LogP contribution in [0.3, 0.4) is 0 Å². The van der Waals surface area contributed by atoms with Crippen LogP contribution in [0.5, 0.6) is 5.75 Å². The zero-order valence-electron chi connectivity index (χ0n) is 10.5. The van der Waals surface area contributed by atoms with Gasteiger partial charge < -0.3 is 14.5 Å². The number of hydrogen-bond donors (Lipinski definition) is 1. The molecule has 2 aromatic rings. The van der Waals surface area contributed by atoms with Crippen molar-refractivity contribution in [2.75, 3.05) is 6.61 Å². The molecule has 100 valence electrons. The molecule has 0 spiro atoms. The van der Waals surface area contributed by atoms with E-state index < -0.39 is 0 Å². The van der Waals surface area contributed by atoms with Crippen molar-refractivity contribution in [3.63, 3.8) is 0 Å². The van der Waals surface area contributed by atoms with E-state index in [0.717, 1.165) is 5.56 Å². The first-order valence-corrected chi connectivity index (χ1v) is 6.21. The van der Waals surface area contributed by atoms with Gasteiger partial charge in [0.25, 0.3) is 5.91 Å². The van der Waals surface area contributed by atoms with Gasteiger partial charge in [-0.1, -0.05) is 11.6 Å². The Morgan fingerprint density at radius 3 is 2.95 bits per heavy atom. The highest BCUT2D eigenvalue weighted by atomic mass is 35.5. The maximum atomic E-state index is 11.6. The minimum absolute atomic E-state index is 0.0399. The first-order valence-electron chi connectivity index (χ1n) is 5.83. The molecule has 1 aromatic carbocycles. The summed E-state index contributed by atoms with van der Waals surface area (Å²) in [7, 11) is 0. The lowest BCUT2D eigenvalue weighted by Crippen LogP contribution is -2.28. The number of furan rings is 1. The Balaban J connectivity index is 1.78. The maximum absolute atomic E-state index is 11.6. The second-order valence-corrected chi connectivity index (χ2v) is 4.46. The van der Waals surface area contributed by atoms with Crippen LogP contribution in [0, 0.1) is 6.92 Å². The predicted octanol–water partition coefficient (Wildman–Crippen LogP) is 2.94. The topological polar surface area (TPSA) is 51.5 Å². The van der Waals surface area contributed by atoms with Gasteiger partial charge in [-0.25, -0.2) is 0 Å². The van der Waals surface area contributed by atoms with Gasteiger partial charge >= 0.3 is 0 Å². The normalized spacial score (nSPS) is 10.2. The number of rotatable bonds is 5. The fraction of sp³-hybridized carbons (Fsp3) is 0.214. The molecule has 19 heavy (non-hydrogen) atoms. The van der Waals surface area contributed by atoms with Crippen LogP contribution in [0.15, 0.2) is 41.0 Å². The second-order valence-electron chi connectivity index (χ2n) is 4.06. The van der Waals surface area contributed by atoms with Gasteiger partial charge in [-0.3, -0.25) is 4.79 Å². The van der Waals surface area contributed by atoms with Crippen LogP contribution in [0.1, 0.15) is 11.3 Å². The smallest absolute Gasteiger partial charge is 0.258 e. The lowest BCUT2D eigenvalue weighted by Gasteiger charge is -2.07. The summed E-state index contributed by atoms with van der Waals surface area (Å²) in [6, 6.07) is 8.84. The molecular formula is C14H14ClNO3. The van der Waals surface area contributed by atoms with Crippen LogP contribution < -0.4 is 10.1 Å². The highest BCUT2D eigenvalue weighted by Crippen LogP contribution is 2.20. The molecule has 1 N–H and O–H groups in total. The summed E-state index contributed by atoms with van der Waals surface area (Å²) in [4.78, 5) is 11.6. The molecule has 0 atom stereocenters. The van der Waals surface area contributed by atoms with Crippen molar-refractivity contribution in [1.29, 1.82) is 0 Å². The Bertz CT molecular complexity index is 552. The molecule has 0 bridgehead atoms. The minimum Gasteiger partial charge on any atom is -0.484 e. The Labute approximate surface area is 116 Å². The van der Waals surface area contributed by atoms with Crippen molar-refractivity contribution >= 4 is 17.5 Å². The average Bonchev–Trinajstić information content (AvgIpc) is 2.91. The molecule has 4 nitrogen and oxygen atoms in total. The van der Waals surface area contributed by atoms with E-state index in [-0.39, 0.29) is 12.5 Å². The van der Waals surface area contributed by atoms with E-state index >= 15 is 0 Å². The van der Waals surface area contributed by atoms with Crippen molar-refractivity contribution in [2.24, 2.45) is 0 Å². The van der Waals surface area contributed by atoms with Gasteiger partial charge in [0.15, 0.2) is 6.61 Å². The number of hydrogen-bond acceptors (Lipinski definition) is 3. The Hall–Kier alpha value is -1.94. The van der Waals surface area contributed by atoms with Crippen molar-refractivity contribution in [3.8, 4) is 5.75 Å². The van der Waals surface area contributed by atoms with Crippen LogP contribution >= 0.6 is 11.6 Å². The molecule has 5 heteroatoms. The fourth-order valence-corrected chi connectivity index (χ4v) is 1.62. The largest absolute Gasteiger partial charge is 0.484 e. The summed E-state index contributed by atoms with van der Waals surface area (Å²) < 4.78 is 10.5. The minimum atomic E-state index is -0.205. The van der Waals surface area contributed by atoms with Gasteiger partial charge in [0, 0.05) is 5.02 Å². The third kappa shape index (κ3) is 4.03. The summed E-state index contributed by atoms with van der Waals surface area (Å²) >= 11 is 5.90. The third-order valence-electron chi connectivity index (χ3n) is 2.54. The third-order valence-corrected chi connectivity index (χ3v) is 2.96. The Morgan fingerprint density at radius 2 is 2.26 bits per heavy atom. The number of carbonyl (C=O) groups excluding carboxylic acids is 1. The maximum Gasteiger partial charge on any atom is 0.258 e. The lowest BCUT2D eigenvalue weighted by molar-refractivity contribution is -0.123. The standard InChI is InChI=1S/C14H14ClNO3/c1-10-7-11(4-5-13(10)15)19-9-14(17)16-8-12-3-2-6-18-12/h2-7H,8-9H2,1H3,(H,16,17). The molecule has 1 aromatic heterocycles. The zero-order chi connectivity index (χ0) is 13.7. The number of ether oxygens (including phenoxy) is 1. The summed E-state index contributed by atoms with van der Waals surface area (Å²) in [5.41, 5.74) is 0.912. The van der Waals surface area contributed by atoms with E-state index in [4.69, 9.17) is 20.8 Å². The molecular weight excluding hydrogens is 266 g/mol. The van der Waals surface area contributed by atoms with Crippen LogP contribution in [-0.4, -0.2) is 12.5 Å². The van der Waals surface area contributed by atoms with Gasteiger partial charge in [-0.2, -0.15) is 0 Å². The number of amides is 1. The number of halogens is 1. The summed E-state index contributed by atoms with van der Waals surface area (Å²) in [6.07, 6.45) is 1.56. The molecule has 0 fully saturated rings. The summed E-state index contributed by atoms with van der Waals surface area (Å²) in [5, 5.41) is 3.37. The van der Waals surface area contributed by atoms with E-state index in [0.29, 0.717) is 23.1 Å².